The van der Waals surface area contributed by atoms with Gasteiger partial charge < -0.3 is 5.32 Å². The summed E-state index contributed by atoms with van der Waals surface area (Å²) in [7, 11) is 0. The maximum atomic E-state index is 3.55. The number of rotatable bonds is 3. The molecule has 5 aromatic rings. The Morgan fingerprint density at radius 2 is 1.15 bits per heavy atom. The van der Waals surface area contributed by atoms with Gasteiger partial charge in [0.1, 0.15) is 0 Å². The number of anilines is 2. The molecule has 27 heavy (non-hydrogen) atoms. The molecule has 0 atom stereocenters. The minimum Gasteiger partial charge on any atom is -0.355 e. The highest BCUT2D eigenvalue weighted by Gasteiger charge is 2.05. The third kappa shape index (κ3) is 3.04. The fraction of sp³-hybridized carbons (Fsp3) is 0. The summed E-state index contributed by atoms with van der Waals surface area (Å²) in [6, 6.07) is 38.6. The predicted molar refractivity (Wildman–Crippen MR) is 117 cm³/mol. The van der Waals surface area contributed by atoms with Crippen molar-refractivity contribution < 1.29 is 0 Å². The first kappa shape index (κ1) is 15.7. The molecule has 128 valence electrons. The summed E-state index contributed by atoms with van der Waals surface area (Å²) in [4.78, 5) is 0. The van der Waals surface area contributed by atoms with E-state index in [9.17, 15) is 0 Å². The first-order valence-electron chi connectivity index (χ1n) is 9.21. The second kappa shape index (κ2) is 6.62. The first-order chi connectivity index (χ1) is 13.4. The summed E-state index contributed by atoms with van der Waals surface area (Å²) in [6.07, 6.45) is 0. The highest BCUT2D eigenvalue weighted by Crippen LogP contribution is 2.31. The molecule has 1 heteroatoms. The SMILES string of the molecule is c1cc(Nc2ccc3ccccc3c2)cc(-c2cccc3ccccc23)c1. The van der Waals surface area contributed by atoms with Crippen molar-refractivity contribution >= 4 is 32.9 Å². The van der Waals surface area contributed by atoms with E-state index in [1.165, 1.54) is 32.7 Å². The van der Waals surface area contributed by atoms with Crippen LogP contribution in [0.2, 0.25) is 0 Å². The van der Waals surface area contributed by atoms with Gasteiger partial charge in [-0.25, -0.2) is 0 Å². The fourth-order valence-corrected chi connectivity index (χ4v) is 3.68. The van der Waals surface area contributed by atoms with Crippen LogP contribution in [-0.2, 0) is 0 Å². The molecule has 0 bridgehead atoms. The van der Waals surface area contributed by atoms with Crippen molar-refractivity contribution in [1.29, 1.82) is 0 Å². The van der Waals surface area contributed by atoms with Crippen molar-refractivity contribution in [2.45, 2.75) is 0 Å². The number of nitrogens with one attached hydrogen (secondary N) is 1. The maximum absolute atomic E-state index is 3.55. The van der Waals surface area contributed by atoms with Crippen LogP contribution in [0.15, 0.2) is 109 Å². The quantitative estimate of drug-likeness (QED) is 0.359. The van der Waals surface area contributed by atoms with Gasteiger partial charge in [0.15, 0.2) is 0 Å². The fourth-order valence-electron chi connectivity index (χ4n) is 3.68. The van der Waals surface area contributed by atoms with Gasteiger partial charge in [0.2, 0.25) is 0 Å². The Labute approximate surface area is 158 Å². The van der Waals surface area contributed by atoms with Crippen LogP contribution < -0.4 is 5.32 Å². The Hall–Kier alpha value is -3.58. The minimum atomic E-state index is 1.09. The Bertz CT molecular complexity index is 1250. The van der Waals surface area contributed by atoms with Crippen molar-refractivity contribution in [2.75, 3.05) is 5.32 Å². The van der Waals surface area contributed by atoms with Gasteiger partial charge in [-0.2, -0.15) is 0 Å². The van der Waals surface area contributed by atoms with Crippen molar-refractivity contribution in [3.63, 3.8) is 0 Å². The molecule has 0 radical (unpaired) electrons. The van der Waals surface area contributed by atoms with Gasteiger partial charge in [-0.1, -0.05) is 84.9 Å². The topological polar surface area (TPSA) is 12.0 Å². The van der Waals surface area contributed by atoms with E-state index >= 15 is 0 Å². The van der Waals surface area contributed by atoms with E-state index in [4.69, 9.17) is 0 Å². The molecule has 0 unspecified atom stereocenters. The lowest BCUT2D eigenvalue weighted by Crippen LogP contribution is -1.91. The highest BCUT2D eigenvalue weighted by atomic mass is 14.9. The van der Waals surface area contributed by atoms with E-state index in [1.54, 1.807) is 0 Å². The van der Waals surface area contributed by atoms with E-state index in [0.717, 1.165) is 11.4 Å². The van der Waals surface area contributed by atoms with Gasteiger partial charge in [-0.3, -0.25) is 0 Å². The standard InChI is InChI=1S/C26H19N/c1-2-9-21-17-24(16-15-19(21)7-1)27-23-12-5-11-22(18-23)26-14-6-10-20-8-3-4-13-25(20)26/h1-18,27H. The zero-order valence-corrected chi connectivity index (χ0v) is 14.9. The second-order valence-corrected chi connectivity index (χ2v) is 6.79. The lowest BCUT2D eigenvalue weighted by molar-refractivity contribution is 1.56. The van der Waals surface area contributed by atoms with Crippen LogP contribution in [0, 0.1) is 0 Å². The Morgan fingerprint density at radius 1 is 0.444 bits per heavy atom. The molecular weight excluding hydrogens is 326 g/mol. The zero-order chi connectivity index (χ0) is 18.1. The van der Waals surface area contributed by atoms with Crippen LogP contribution in [0.1, 0.15) is 0 Å². The second-order valence-electron chi connectivity index (χ2n) is 6.79. The molecule has 0 aliphatic rings. The van der Waals surface area contributed by atoms with Crippen LogP contribution in [-0.4, -0.2) is 0 Å². The summed E-state index contributed by atoms with van der Waals surface area (Å²) >= 11 is 0. The summed E-state index contributed by atoms with van der Waals surface area (Å²) < 4.78 is 0. The average molecular weight is 345 g/mol. The molecule has 0 fully saturated rings. The van der Waals surface area contributed by atoms with Gasteiger partial charge in [0, 0.05) is 11.4 Å². The molecule has 5 aromatic carbocycles. The Balaban J connectivity index is 1.53. The molecule has 1 nitrogen and oxygen atoms in total. The van der Waals surface area contributed by atoms with Gasteiger partial charge in [0.25, 0.3) is 0 Å². The van der Waals surface area contributed by atoms with E-state index in [0.29, 0.717) is 0 Å². The number of fused-ring (bicyclic) bond motifs is 2. The third-order valence-electron chi connectivity index (χ3n) is 5.00. The minimum absolute atomic E-state index is 1.09. The molecule has 0 saturated heterocycles. The van der Waals surface area contributed by atoms with Crippen LogP contribution in [0.4, 0.5) is 11.4 Å². The van der Waals surface area contributed by atoms with Gasteiger partial charge in [-0.15, -0.1) is 0 Å². The predicted octanol–water partition coefficient (Wildman–Crippen LogP) is 7.40. The Kier molecular flexibility index (Phi) is 3.84. The normalized spacial score (nSPS) is 11.0. The smallest absolute Gasteiger partial charge is 0.0390 e. The van der Waals surface area contributed by atoms with Crippen molar-refractivity contribution in [1.82, 2.24) is 0 Å². The van der Waals surface area contributed by atoms with Gasteiger partial charge in [0.05, 0.1) is 0 Å². The summed E-state index contributed by atoms with van der Waals surface area (Å²) in [6.45, 7) is 0. The largest absolute Gasteiger partial charge is 0.355 e. The summed E-state index contributed by atoms with van der Waals surface area (Å²) in [5, 5.41) is 8.60. The molecule has 0 saturated carbocycles. The number of benzene rings is 5. The number of hydrogen-bond donors (Lipinski definition) is 1. The molecular formula is C26H19N. The highest BCUT2D eigenvalue weighted by molar-refractivity contribution is 5.97. The van der Waals surface area contributed by atoms with Crippen molar-refractivity contribution in [3.05, 3.63) is 109 Å². The third-order valence-corrected chi connectivity index (χ3v) is 5.00. The first-order valence-corrected chi connectivity index (χ1v) is 9.21. The molecule has 0 heterocycles. The molecule has 0 aliphatic carbocycles. The Morgan fingerprint density at radius 3 is 2.07 bits per heavy atom. The lowest BCUT2D eigenvalue weighted by Gasteiger charge is -2.11. The summed E-state index contributed by atoms with van der Waals surface area (Å²) in [5.41, 5.74) is 4.67. The van der Waals surface area contributed by atoms with Crippen molar-refractivity contribution in [2.24, 2.45) is 0 Å². The molecule has 0 spiro atoms. The molecule has 5 rings (SSSR count). The van der Waals surface area contributed by atoms with E-state index in [2.05, 4.69) is 115 Å². The van der Waals surface area contributed by atoms with Crippen LogP contribution >= 0.6 is 0 Å². The van der Waals surface area contributed by atoms with E-state index in [-0.39, 0.29) is 0 Å². The summed E-state index contributed by atoms with van der Waals surface area (Å²) in [5.74, 6) is 0. The van der Waals surface area contributed by atoms with E-state index < -0.39 is 0 Å². The molecule has 0 aliphatic heterocycles. The molecule has 0 aromatic heterocycles. The maximum Gasteiger partial charge on any atom is 0.0390 e. The lowest BCUT2D eigenvalue weighted by atomic mass is 9.98. The molecule has 0 amide bonds. The van der Waals surface area contributed by atoms with E-state index in [1.807, 2.05) is 0 Å². The number of hydrogen-bond acceptors (Lipinski definition) is 1. The van der Waals surface area contributed by atoms with Crippen LogP contribution in [0.5, 0.6) is 0 Å². The average Bonchev–Trinajstić information content (AvgIpc) is 2.73. The van der Waals surface area contributed by atoms with Gasteiger partial charge in [-0.05, 0) is 56.9 Å². The van der Waals surface area contributed by atoms with Gasteiger partial charge >= 0.3 is 0 Å². The molecule has 1 N–H and O–H groups in total. The monoisotopic (exact) mass is 345 g/mol. The van der Waals surface area contributed by atoms with Crippen molar-refractivity contribution in [3.8, 4) is 11.1 Å². The van der Waals surface area contributed by atoms with Crippen LogP contribution in [0.3, 0.4) is 0 Å². The van der Waals surface area contributed by atoms with Crippen LogP contribution in [0.25, 0.3) is 32.7 Å². The zero-order valence-electron chi connectivity index (χ0n) is 14.9.